The summed E-state index contributed by atoms with van der Waals surface area (Å²) in [6, 6.07) is 0. The van der Waals surface area contributed by atoms with Crippen LogP contribution in [0.15, 0.2) is 0 Å². The lowest BCUT2D eigenvalue weighted by Crippen LogP contribution is -2.30. The Labute approximate surface area is 619 Å². The lowest BCUT2D eigenvalue weighted by molar-refractivity contribution is -0.161. The predicted octanol–water partition coefficient (Wildman–Crippen LogP) is 24.7. The lowest BCUT2D eigenvalue weighted by Gasteiger charge is -2.21. The number of ether oxygens (including phenoxy) is 4. The van der Waals surface area contributed by atoms with E-state index in [-0.39, 0.29) is 25.7 Å². The number of phosphoric ester groups is 2. The van der Waals surface area contributed by atoms with E-state index < -0.39 is 97.5 Å². The van der Waals surface area contributed by atoms with E-state index in [0.717, 1.165) is 108 Å². The summed E-state index contributed by atoms with van der Waals surface area (Å²) in [6.07, 6.45) is 63.9. The molecule has 0 saturated heterocycles. The highest BCUT2D eigenvalue weighted by Crippen LogP contribution is 2.45. The van der Waals surface area contributed by atoms with Gasteiger partial charge in [0.2, 0.25) is 0 Å². The van der Waals surface area contributed by atoms with Gasteiger partial charge in [-0.05, 0) is 37.5 Å². The van der Waals surface area contributed by atoms with Gasteiger partial charge in [-0.15, -0.1) is 0 Å². The Hall–Kier alpha value is -1.94. The SMILES string of the molecule is CCCCCCCCCCCCCCCCCCCCCCCC(=O)O[C@H](COC(=O)CCCCCCCCCCCCCCCCC(C)CC)COP(=O)(O)OC[C@@H](O)COP(=O)(O)OC[C@@H](COC(=O)CCCCCCCCCC)OC(=O)CCCCCCCCCCCCCC(C)C. The molecule has 0 saturated carbocycles. The van der Waals surface area contributed by atoms with Crippen LogP contribution in [-0.2, 0) is 65.4 Å². The number of phosphoric acid groups is 2. The maximum Gasteiger partial charge on any atom is 0.472 e. The third kappa shape index (κ3) is 74.7. The van der Waals surface area contributed by atoms with Gasteiger partial charge in [-0.25, -0.2) is 9.13 Å². The minimum absolute atomic E-state index is 0.107. The van der Waals surface area contributed by atoms with Crippen LogP contribution in [0.25, 0.3) is 0 Å². The molecule has 3 unspecified atom stereocenters. The van der Waals surface area contributed by atoms with Crippen LogP contribution in [0.4, 0.5) is 0 Å². The number of aliphatic hydroxyl groups is 1. The Kier molecular flexibility index (Phi) is 72.2. The summed E-state index contributed by atoms with van der Waals surface area (Å²) in [7, 11) is -9.92. The Balaban J connectivity index is 5.19. The van der Waals surface area contributed by atoms with Crippen LogP contribution >= 0.6 is 15.6 Å². The van der Waals surface area contributed by atoms with Crippen LogP contribution in [0.5, 0.6) is 0 Å². The van der Waals surface area contributed by atoms with Gasteiger partial charge in [-0.1, -0.05) is 382 Å². The topological polar surface area (TPSA) is 237 Å². The molecule has 0 radical (unpaired) electrons. The Morgan fingerprint density at radius 1 is 0.287 bits per heavy atom. The van der Waals surface area contributed by atoms with Crippen LogP contribution in [0.3, 0.4) is 0 Å². The fourth-order valence-corrected chi connectivity index (χ4v) is 14.3. The molecular formula is C82H160O17P2. The number of carbonyl (C=O) groups is 4. The zero-order chi connectivity index (χ0) is 74.2. The third-order valence-electron chi connectivity index (χ3n) is 19.6. The molecule has 0 bridgehead atoms. The van der Waals surface area contributed by atoms with Crippen LogP contribution in [0, 0.1) is 11.8 Å². The Bertz CT molecular complexity index is 1940. The maximum atomic E-state index is 13.1. The van der Waals surface area contributed by atoms with Crippen molar-refractivity contribution >= 4 is 39.5 Å². The Morgan fingerprint density at radius 3 is 0.752 bits per heavy atom. The van der Waals surface area contributed by atoms with Crippen molar-refractivity contribution in [3.8, 4) is 0 Å². The molecule has 0 spiro atoms. The Morgan fingerprint density at radius 2 is 0.505 bits per heavy atom. The summed E-state index contributed by atoms with van der Waals surface area (Å²) >= 11 is 0. The van der Waals surface area contributed by atoms with Crippen LogP contribution in [-0.4, -0.2) is 96.7 Å². The number of aliphatic hydroxyl groups excluding tert-OH is 1. The molecule has 19 heteroatoms. The van der Waals surface area contributed by atoms with E-state index >= 15 is 0 Å². The molecule has 0 fully saturated rings. The lowest BCUT2D eigenvalue weighted by atomic mass is 9.99. The van der Waals surface area contributed by atoms with Crippen LogP contribution in [0.2, 0.25) is 0 Å². The van der Waals surface area contributed by atoms with E-state index in [1.54, 1.807) is 0 Å². The number of rotatable bonds is 81. The van der Waals surface area contributed by atoms with Gasteiger partial charge in [0.25, 0.3) is 0 Å². The largest absolute Gasteiger partial charge is 0.472 e. The fraction of sp³-hybridized carbons (Fsp3) is 0.951. The number of carbonyl (C=O) groups excluding carboxylic acids is 4. The van der Waals surface area contributed by atoms with Crippen molar-refractivity contribution in [2.24, 2.45) is 11.8 Å². The first-order chi connectivity index (χ1) is 48.9. The third-order valence-corrected chi connectivity index (χ3v) is 21.5. The summed E-state index contributed by atoms with van der Waals surface area (Å²) in [5.41, 5.74) is 0. The van der Waals surface area contributed by atoms with Crippen LogP contribution in [0.1, 0.15) is 433 Å². The summed E-state index contributed by atoms with van der Waals surface area (Å²) in [5, 5.41) is 10.6. The summed E-state index contributed by atoms with van der Waals surface area (Å²) in [4.78, 5) is 73.0. The number of hydrogen-bond acceptors (Lipinski definition) is 15. The van der Waals surface area contributed by atoms with Gasteiger partial charge in [-0.2, -0.15) is 0 Å². The number of hydrogen-bond donors (Lipinski definition) is 3. The van der Waals surface area contributed by atoms with E-state index in [4.69, 9.17) is 37.0 Å². The average molecular weight is 1480 g/mol. The van der Waals surface area contributed by atoms with Crippen molar-refractivity contribution in [1.82, 2.24) is 0 Å². The van der Waals surface area contributed by atoms with Gasteiger partial charge in [0.1, 0.15) is 19.3 Å². The maximum absolute atomic E-state index is 13.1. The molecule has 6 atom stereocenters. The number of unbranched alkanes of at least 4 members (excludes halogenated alkanes) is 50. The van der Waals surface area contributed by atoms with E-state index in [2.05, 4.69) is 41.5 Å². The first-order valence-electron chi connectivity index (χ1n) is 42.5. The second kappa shape index (κ2) is 73.6. The van der Waals surface area contributed by atoms with E-state index in [9.17, 15) is 43.2 Å². The molecule has 0 amide bonds. The fourth-order valence-electron chi connectivity index (χ4n) is 12.7. The van der Waals surface area contributed by atoms with Gasteiger partial charge in [0.05, 0.1) is 26.4 Å². The molecule has 17 nitrogen and oxygen atoms in total. The molecular weight excluding hydrogens is 1320 g/mol. The molecule has 101 heavy (non-hydrogen) atoms. The molecule has 0 aliphatic heterocycles. The quantitative estimate of drug-likeness (QED) is 0.0222. The molecule has 0 aromatic carbocycles. The van der Waals surface area contributed by atoms with Crippen molar-refractivity contribution in [2.75, 3.05) is 39.6 Å². The van der Waals surface area contributed by atoms with Gasteiger partial charge in [0, 0.05) is 25.7 Å². The van der Waals surface area contributed by atoms with Gasteiger partial charge < -0.3 is 33.8 Å². The minimum Gasteiger partial charge on any atom is -0.462 e. The minimum atomic E-state index is -4.96. The molecule has 0 aliphatic carbocycles. The highest BCUT2D eigenvalue weighted by atomic mass is 31.2. The molecule has 0 aromatic heterocycles. The van der Waals surface area contributed by atoms with E-state index in [1.807, 2.05) is 0 Å². The normalized spacial score (nSPS) is 14.2. The monoisotopic (exact) mass is 1480 g/mol. The van der Waals surface area contributed by atoms with Crippen molar-refractivity contribution in [2.45, 2.75) is 452 Å². The van der Waals surface area contributed by atoms with Crippen molar-refractivity contribution in [1.29, 1.82) is 0 Å². The summed E-state index contributed by atoms with van der Waals surface area (Å²) < 4.78 is 68.7. The first kappa shape index (κ1) is 99.1. The van der Waals surface area contributed by atoms with Crippen LogP contribution < -0.4 is 0 Å². The van der Waals surface area contributed by atoms with E-state index in [0.29, 0.717) is 25.7 Å². The van der Waals surface area contributed by atoms with Crippen molar-refractivity contribution < 1.29 is 80.2 Å². The van der Waals surface area contributed by atoms with Crippen molar-refractivity contribution in [3.05, 3.63) is 0 Å². The second-order valence-corrected chi connectivity index (χ2v) is 33.1. The zero-order valence-corrected chi connectivity index (χ0v) is 68.0. The zero-order valence-electron chi connectivity index (χ0n) is 66.2. The molecule has 600 valence electrons. The predicted molar refractivity (Wildman–Crippen MR) is 414 cm³/mol. The molecule has 0 aromatic rings. The first-order valence-corrected chi connectivity index (χ1v) is 45.5. The second-order valence-electron chi connectivity index (χ2n) is 30.2. The van der Waals surface area contributed by atoms with Gasteiger partial charge in [0.15, 0.2) is 12.2 Å². The average Bonchev–Trinajstić information content (AvgIpc) is 0.926. The highest BCUT2D eigenvalue weighted by Gasteiger charge is 2.30. The van der Waals surface area contributed by atoms with E-state index in [1.165, 1.54) is 244 Å². The van der Waals surface area contributed by atoms with Crippen molar-refractivity contribution in [3.63, 3.8) is 0 Å². The summed E-state index contributed by atoms with van der Waals surface area (Å²) in [6.45, 7) is 9.67. The van der Waals surface area contributed by atoms with Gasteiger partial charge >= 0.3 is 39.5 Å². The number of esters is 4. The molecule has 0 rings (SSSR count). The highest BCUT2D eigenvalue weighted by molar-refractivity contribution is 7.47. The molecule has 3 N–H and O–H groups in total. The summed E-state index contributed by atoms with van der Waals surface area (Å²) in [5.74, 6) is -0.495. The molecule has 0 heterocycles. The standard InChI is InChI=1S/C82H160O17P2/c1-7-10-12-14-16-18-19-20-21-22-23-24-25-26-27-32-37-42-48-54-60-66-81(86)99-78(71-93-80(85)65-59-53-47-41-36-31-29-28-30-35-40-45-51-57-63-75(6)9-3)73-97-101(90,91)95-69-76(83)68-94-100(88,89)96-72-77(70-92-79(84)64-58-52-46-17-15-13-11-8-2)98-82(87)67-61-55-49-43-38-33-34-39-44-50-56-62-74(4)5/h74-78,83H,7-73H2,1-6H3,(H,88,89)(H,90,91)/t75?,76-,77+,78+/m0/s1. The smallest absolute Gasteiger partial charge is 0.462 e. The van der Waals surface area contributed by atoms with Gasteiger partial charge in [-0.3, -0.25) is 37.3 Å². The molecule has 0 aliphatic rings.